The van der Waals surface area contributed by atoms with Crippen LogP contribution in [-0.4, -0.2) is 143 Å². The Morgan fingerprint density at radius 2 is 0.836 bits per heavy atom. The Labute approximate surface area is 329 Å². The highest BCUT2D eigenvalue weighted by molar-refractivity contribution is 7.53. The van der Waals surface area contributed by atoms with E-state index in [2.05, 4.69) is 9.35 Å². The molecule has 30 heteroatoms. The van der Waals surface area contributed by atoms with E-state index < -0.39 is 81.2 Å². The molecule has 0 aromatic carbocycles. The first-order valence-corrected chi connectivity index (χ1v) is 27.8. The van der Waals surface area contributed by atoms with Gasteiger partial charge in [0.25, 0.3) is 16.8 Å². The van der Waals surface area contributed by atoms with Gasteiger partial charge in [0, 0.05) is 14.2 Å². The molecule has 0 spiro atoms. The number of nitrogens with zero attached hydrogens (tertiary/aromatic N) is 4. The molecule has 0 saturated heterocycles. The topological polar surface area (TPSA) is 308 Å². The van der Waals surface area contributed by atoms with Crippen molar-refractivity contribution in [2.45, 2.75) is 19.3 Å². The number of quaternary nitrogens is 4. The second-order valence-electron chi connectivity index (χ2n) is 14.1. The van der Waals surface area contributed by atoms with Crippen LogP contribution in [0.15, 0.2) is 21.5 Å². The van der Waals surface area contributed by atoms with Gasteiger partial charge >= 0.3 is 30.4 Å². The lowest BCUT2D eigenvalue weighted by Crippen LogP contribution is -2.51. The zero-order valence-corrected chi connectivity index (χ0v) is 38.1. The Kier molecular flexibility index (Phi) is 19.1. The lowest BCUT2D eigenvalue weighted by molar-refractivity contribution is -0.136. The van der Waals surface area contributed by atoms with Gasteiger partial charge in [-0.2, -0.15) is 9.35 Å². The number of unbranched alkanes of at least 4 members (excludes halogenated alkanes) is 2. The maximum atomic E-state index is 12.8. The number of rotatable bonds is 26. The fourth-order valence-corrected chi connectivity index (χ4v) is 15.2. The third-order valence-electron chi connectivity index (χ3n) is 8.97. The summed E-state index contributed by atoms with van der Waals surface area (Å²) in [6, 6.07) is 0. The van der Waals surface area contributed by atoms with Gasteiger partial charge in [0.1, 0.15) is 0 Å². The predicted octanol–water partition coefficient (Wildman–Crippen LogP) is 4.78. The first kappa shape index (κ1) is 51.6. The zero-order chi connectivity index (χ0) is 42.3. The average Bonchev–Trinajstić information content (AvgIpc) is 3.75. The van der Waals surface area contributed by atoms with Gasteiger partial charge < -0.3 is 48.2 Å². The van der Waals surface area contributed by atoms with E-state index in [1.807, 2.05) is 0 Å². The molecule has 8 unspecified atom stereocenters. The minimum atomic E-state index is -4.72. The Bertz CT molecular complexity index is 1630. The third-order valence-corrected chi connectivity index (χ3v) is 17.6. The molecule has 10 N–H and O–H groups in total. The Balaban J connectivity index is 2.50. The van der Waals surface area contributed by atoms with Crippen molar-refractivity contribution in [1.29, 1.82) is 0 Å². The molecule has 0 saturated carbocycles. The van der Waals surface area contributed by atoms with Crippen molar-refractivity contribution < 1.29 is 86.3 Å². The second kappa shape index (κ2) is 20.3. The van der Waals surface area contributed by atoms with Gasteiger partial charge in [-0.25, -0.2) is 10.5 Å². The largest absolute Gasteiger partial charge is 0.382 e. The molecule has 0 aliphatic heterocycles. The first-order valence-electron chi connectivity index (χ1n) is 16.0. The minimum absolute atomic E-state index is 0.116. The molecule has 2 aromatic heterocycles. The average molecular weight is 949 g/mol. The van der Waals surface area contributed by atoms with Crippen LogP contribution in [0.2, 0.25) is 0 Å². The van der Waals surface area contributed by atoms with E-state index in [1.165, 1.54) is 14.1 Å². The quantitative estimate of drug-likeness (QED) is 0.0199. The molecule has 0 aliphatic rings. The van der Waals surface area contributed by atoms with Gasteiger partial charge in [0.15, 0.2) is 37.7 Å². The van der Waals surface area contributed by atoms with Crippen molar-refractivity contribution in [3.63, 3.8) is 0 Å². The molecule has 0 amide bonds. The molecule has 0 radical (unpaired) electrons. The number of hydrogen-bond donors (Lipinski definition) is 10. The van der Waals surface area contributed by atoms with Gasteiger partial charge in [-0.1, -0.05) is 0 Å². The van der Waals surface area contributed by atoms with Gasteiger partial charge in [-0.15, -0.1) is 22.7 Å². The molecule has 2 rings (SSSR count). The Hall–Kier alpha value is 0.460. The summed E-state index contributed by atoms with van der Waals surface area (Å²) >= 11 is 2.30. The van der Waals surface area contributed by atoms with Gasteiger partial charge in [-0.3, -0.25) is 36.2 Å². The number of hydrogen-bond acceptors (Lipinski definition) is 14. The van der Waals surface area contributed by atoms with E-state index >= 15 is 0 Å². The normalized spacial score (nSPS) is 20.7. The van der Waals surface area contributed by atoms with Gasteiger partial charge in [0.05, 0.1) is 62.8 Å². The fraction of sp³-hybridized carbons (Fsp3) is 0.680. The third kappa shape index (κ3) is 15.5. The lowest BCUT2D eigenvalue weighted by Gasteiger charge is -2.39. The molecule has 320 valence electrons. The van der Waals surface area contributed by atoms with E-state index in [1.54, 1.807) is 35.6 Å². The molecule has 0 fully saturated rings. The summed E-state index contributed by atoms with van der Waals surface area (Å²) < 4.78 is 66.6. The summed E-state index contributed by atoms with van der Waals surface area (Å²) in [5, 5.41) is 24.8. The van der Waals surface area contributed by atoms with Crippen LogP contribution in [0.4, 0.5) is 22.7 Å². The van der Waals surface area contributed by atoms with Crippen LogP contribution >= 0.6 is 69.8 Å². The van der Waals surface area contributed by atoms with Crippen LogP contribution in [0, 0.1) is 0 Å². The minimum Gasteiger partial charge on any atom is -0.344 e. The number of thiophene rings is 2. The molecule has 2 aromatic rings. The highest BCUT2D eigenvalue weighted by Gasteiger charge is 2.48. The zero-order valence-electron chi connectivity index (χ0n) is 31.1. The highest BCUT2D eigenvalue weighted by atomic mass is 32.1. The summed E-state index contributed by atoms with van der Waals surface area (Å²) in [6.45, 7) is 0.232. The SMILES string of the molecule is COP(=O)(O)C[N+](C)(CP(O)OO)c1cscc1[N+](C)(CCCCC[N+](C)(CP(=O)(O)O)c1cscc1[N+](C)(CP(O)OO)CP(=O)(O)OC)CP(=O)(O)O. The van der Waals surface area contributed by atoms with Crippen molar-refractivity contribution >= 4 is 92.6 Å². The van der Waals surface area contributed by atoms with Gasteiger partial charge in [0.2, 0.25) is 22.7 Å². The van der Waals surface area contributed by atoms with E-state index in [4.69, 9.17) is 19.6 Å². The fourth-order valence-electron chi connectivity index (χ4n) is 6.51. The Morgan fingerprint density at radius 3 is 1.09 bits per heavy atom. The maximum Gasteiger partial charge on any atom is 0.382 e. The van der Waals surface area contributed by atoms with Crippen LogP contribution < -0.4 is 17.9 Å². The van der Waals surface area contributed by atoms with Crippen molar-refractivity contribution in [1.82, 2.24) is 17.9 Å². The molecule has 2 heterocycles. The summed E-state index contributed by atoms with van der Waals surface area (Å²) in [5.74, 6) is 0. The van der Waals surface area contributed by atoms with Crippen LogP contribution in [0.3, 0.4) is 0 Å². The molecule has 55 heavy (non-hydrogen) atoms. The summed E-state index contributed by atoms with van der Waals surface area (Å²) in [6.07, 6.45) is -2.26. The highest BCUT2D eigenvalue weighted by Crippen LogP contribution is 2.54. The van der Waals surface area contributed by atoms with Crippen molar-refractivity contribution in [2.24, 2.45) is 0 Å². The molecule has 0 bridgehead atoms. The van der Waals surface area contributed by atoms with E-state index in [0.717, 1.165) is 36.9 Å². The van der Waals surface area contributed by atoms with E-state index in [-0.39, 0.29) is 34.6 Å². The van der Waals surface area contributed by atoms with Crippen LogP contribution in [0.5, 0.6) is 0 Å². The molecule has 22 nitrogen and oxygen atoms in total. The van der Waals surface area contributed by atoms with E-state index in [0.29, 0.717) is 42.0 Å². The first-order chi connectivity index (χ1) is 25.0. The summed E-state index contributed by atoms with van der Waals surface area (Å²) in [7, 11) is -14.8. The van der Waals surface area contributed by atoms with Crippen LogP contribution in [0.1, 0.15) is 19.3 Å². The van der Waals surface area contributed by atoms with Crippen LogP contribution in [-0.2, 0) is 36.7 Å². The standard InChI is InChI=1S/C25H50N4O18P6S2/c1-26(18-50(34,35)36,22-12-54-14-24(22)28(3,16-48(32)46-30)20-52(40,41)44-5)10-8-7-9-11-27(2,19-51(37,38)39)23-13-55-15-25(23)29(4,17-49(33)47-31)21-53(42,43)45-6/h12-15,32-33H,7-11,16-21H2,1-6H3,(H4-4,30,31,34,35,36,37,38,39,40,41,42,43)/p+4. The predicted molar refractivity (Wildman–Crippen MR) is 216 cm³/mol. The molecule has 0 aliphatic carbocycles. The lowest BCUT2D eigenvalue weighted by atomic mass is 10.1. The van der Waals surface area contributed by atoms with Crippen molar-refractivity contribution in [3.05, 3.63) is 21.5 Å². The van der Waals surface area contributed by atoms with E-state index in [9.17, 15) is 57.4 Å². The van der Waals surface area contributed by atoms with Crippen molar-refractivity contribution in [3.8, 4) is 0 Å². The Morgan fingerprint density at radius 1 is 0.545 bits per heavy atom. The molecular formula is C25H54N4O18P6S2+4. The second-order valence-corrected chi connectivity index (χ2v) is 24.9. The van der Waals surface area contributed by atoms with Crippen molar-refractivity contribution in [2.75, 3.05) is 93.2 Å². The smallest absolute Gasteiger partial charge is 0.344 e. The summed E-state index contributed by atoms with van der Waals surface area (Å²) in [4.78, 5) is 82.0. The maximum absolute atomic E-state index is 12.8. The molecular weight excluding hydrogens is 894 g/mol. The van der Waals surface area contributed by atoms with Crippen LogP contribution in [0.25, 0.3) is 0 Å². The van der Waals surface area contributed by atoms with Gasteiger partial charge in [-0.05, 0) is 19.3 Å². The monoisotopic (exact) mass is 948 g/mol. The molecule has 8 atom stereocenters. The summed E-state index contributed by atoms with van der Waals surface area (Å²) in [5.41, 5.74) is 1.37.